The maximum atomic E-state index is 11.9. The van der Waals surface area contributed by atoms with Gasteiger partial charge in [0.1, 0.15) is 0 Å². The summed E-state index contributed by atoms with van der Waals surface area (Å²) in [6.07, 6.45) is 1.73. The Bertz CT molecular complexity index is 1070. The minimum absolute atomic E-state index is 0.291. The zero-order valence-corrected chi connectivity index (χ0v) is 16.7. The summed E-state index contributed by atoms with van der Waals surface area (Å²) >= 11 is 0. The van der Waals surface area contributed by atoms with Crippen molar-refractivity contribution in [2.45, 2.75) is 32.9 Å². The topological polar surface area (TPSA) is 57.7 Å². The molecule has 0 saturated carbocycles. The summed E-state index contributed by atoms with van der Waals surface area (Å²) in [6, 6.07) is 14.5. The quantitative estimate of drug-likeness (QED) is 0.497. The Morgan fingerprint density at radius 3 is 2.75 bits per heavy atom. The third-order valence-corrected chi connectivity index (χ3v) is 4.88. The number of carbonyl (C=O) groups excluding carboxylic acids is 1. The predicted octanol–water partition coefficient (Wildman–Crippen LogP) is 4.77. The Morgan fingerprint density at radius 2 is 2.00 bits per heavy atom. The SMILES string of the molecule is C=CCCOC(=O)N=c1cccc2c(c1)[nH]c1c(CN(C)C(C)C)cccc12. The highest BCUT2D eigenvalue weighted by Gasteiger charge is 2.11. The van der Waals surface area contributed by atoms with Crippen molar-refractivity contribution in [2.24, 2.45) is 4.99 Å². The van der Waals surface area contributed by atoms with Crippen LogP contribution in [0, 0.1) is 0 Å². The molecule has 0 fully saturated rings. The lowest BCUT2D eigenvalue weighted by molar-refractivity contribution is 0.158. The Hall–Kier alpha value is -2.92. The normalized spacial score (nSPS) is 12.2. The molecule has 5 nitrogen and oxygen atoms in total. The van der Waals surface area contributed by atoms with Crippen LogP contribution in [0.1, 0.15) is 25.8 Å². The van der Waals surface area contributed by atoms with Crippen LogP contribution in [0.15, 0.2) is 60.1 Å². The molecule has 0 saturated heterocycles. The van der Waals surface area contributed by atoms with E-state index in [2.05, 4.69) is 60.5 Å². The molecular formula is C23H27N3O2. The van der Waals surface area contributed by atoms with Gasteiger partial charge in [0.05, 0.1) is 17.5 Å². The van der Waals surface area contributed by atoms with Crippen molar-refractivity contribution in [3.8, 4) is 0 Å². The zero-order valence-electron chi connectivity index (χ0n) is 16.7. The number of amides is 1. The van der Waals surface area contributed by atoms with Crippen LogP contribution in [0.2, 0.25) is 0 Å². The number of aromatic nitrogens is 1. The summed E-state index contributed by atoms with van der Waals surface area (Å²) < 4.78 is 5.08. The van der Waals surface area contributed by atoms with Crippen molar-refractivity contribution in [1.29, 1.82) is 0 Å². The number of benzene rings is 1. The summed E-state index contributed by atoms with van der Waals surface area (Å²) in [5.41, 5.74) is 3.31. The number of nitrogens with one attached hydrogen (secondary N) is 1. The van der Waals surface area contributed by atoms with E-state index in [4.69, 9.17) is 4.74 Å². The Morgan fingerprint density at radius 1 is 1.25 bits per heavy atom. The fraction of sp³-hybridized carbons (Fsp3) is 0.304. The van der Waals surface area contributed by atoms with Crippen LogP contribution in [0.4, 0.5) is 4.79 Å². The van der Waals surface area contributed by atoms with Gasteiger partial charge < -0.3 is 9.72 Å². The molecule has 3 aromatic rings. The molecule has 2 aromatic carbocycles. The lowest BCUT2D eigenvalue weighted by Crippen LogP contribution is -2.25. The molecule has 1 amide bonds. The van der Waals surface area contributed by atoms with E-state index in [9.17, 15) is 4.79 Å². The summed E-state index contributed by atoms with van der Waals surface area (Å²) in [5, 5.41) is 2.83. The highest BCUT2D eigenvalue weighted by Crippen LogP contribution is 2.27. The van der Waals surface area contributed by atoms with Gasteiger partial charge in [-0.1, -0.05) is 36.4 Å². The standard InChI is InChI=1S/C23H27N3O2/c1-5-6-13-28-23(27)24-18-10-8-11-19-20-12-7-9-17(15-26(4)16(2)3)22(20)25-21(19)14-18/h5,7-12,14,16,25H,1,6,13,15H2,2-4H3. The molecule has 3 rings (SSSR count). The number of nitrogens with zero attached hydrogens (tertiary/aromatic N) is 2. The van der Waals surface area contributed by atoms with Gasteiger partial charge >= 0.3 is 6.09 Å². The first kappa shape index (κ1) is 19.8. The molecule has 0 atom stereocenters. The second kappa shape index (κ2) is 8.85. The first-order chi connectivity index (χ1) is 13.5. The number of carbonyl (C=O) groups is 1. The third kappa shape index (κ3) is 4.49. The molecule has 5 heteroatoms. The van der Waals surface area contributed by atoms with Crippen molar-refractivity contribution in [3.05, 3.63) is 66.0 Å². The second-order valence-corrected chi connectivity index (χ2v) is 7.20. The summed E-state index contributed by atoms with van der Waals surface area (Å²) in [7, 11) is 2.13. The monoisotopic (exact) mass is 377 g/mol. The maximum absolute atomic E-state index is 11.9. The lowest BCUT2D eigenvalue weighted by Gasteiger charge is -2.21. The average molecular weight is 377 g/mol. The Labute approximate surface area is 165 Å². The van der Waals surface area contributed by atoms with Crippen LogP contribution in [0.5, 0.6) is 0 Å². The van der Waals surface area contributed by atoms with Crippen LogP contribution in [0.25, 0.3) is 21.8 Å². The zero-order chi connectivity index (χ0) is 20.1. The Kier molecular flexibility index (Phi) is 6.26. The fourth-order valence-corrected chi connectivity index (χ4v) is 3.07. The number of hydrogen-bond donors (Lipinski definition) is 1. The Balaban J connectivity index is 2.03. The molecule has 28 heavy (non-hydrogen) atoms. The van der Waals surface area contributed by atoms with E-state index in [0.29, 0.717) is 24.4 Å². The highest BCUT2D eigenvalue weighted by molar-refractivity contribution is 6.07. The third-order valence-electron chi connectivity index (χ3n) is 4.88. The fourth-order valence-electron chi connectivity index (χ4n) is 3.07. The van der Waals surface area contributed by atoms with Gasteiger partial charge in [-0.15, -0.1) is 6.58 Å². The van der Waals surface area contributed by atoms with E-state index in [1.54, 1.807) is 6.08 Å². The maximum Gasteiger partial charge on any atom is 0.434 e. The van der Waals surface area contributed by atoms with E-state index < -0.39 is 6.09 Å². The van der Waals surface area contributed by atoms with E-state index in [1.807, 2.05) is 24.3 Å². The average Bonchev–Trinajstić information content (AvgIpc) is 2.88. The number of rotatable bonds is 6. The molecule has 0 bridgehead atoms. The predicted molar refractivity (Wildman–Crippen MR) is 114 cm³/mol. The van der Waals surface area contributed by atoms with Gasteiger partial charge in [0.25, 0.3) is 0 Å². The van der Waals surface area contributed by atoms with Crippen molar-refractivity contribution < 1.29 is 9.53 Å². The molecular weight excluding hydrogens is 350 g/mol. The number of H-pyrrole nitrogens is 1. The summed E-state index contributed by atoms with van der Waals surface area (Å²) in [4.78, 5) is 21.8. The molecule has 146 valence electrons. The van der Waals surface area contributed by atoms with Crippen LogP contribution < -0.4 is 5.36 Å². The van der Waals surface area contributed by atoms with Crippen molar-refractivity contribution in [2.75, 3.05) is 13.7 Å². The van der Waals surface area contributed by atoms with Crippen LogP contribution in [-0.4, -0.2) is 35.7 Å². The molecule has 0 aliphatic carbocycles. The van der Waals surface area contributed by atoms with E-state index in [1.165, 1.54) is 10.9 Å². The molecule has 1 aromatic heterocycles. The lowest BCUT2D eigenvalue weighted by atomic mass is 10.1. The minimum atomic E-state index is -0.587. The van der Waals surface area contributed by atoms with Crippen LogP contribution >= 0.6 is 0 Å². The van der Waals surface area contributed by atoms with Gasteiger partial charge in [0.2, 0.25) is 0 Å². The van der Waals surface area contributed by atoms with E-state index in [0.717, 1.165) is 23.0 Å². The van der Waals surface area contributed by atoms with Crippen molar-refractivity contribution in [1.82, 2.24) is 9.88 Å². The largest absolute Gasteiger partial charge is 0.448 e. The van der Waals surface area contributed by atoms with Gasteiger partial charge in [-0.3, -0.25) is 4.90 Å². The number of fused-ring (bicyclic) bond motifs is 3. The highest BCUT2D eigenvalue weighted by atomic mass is 16.5. The van der Waals surface area contributed by atoms with Gasteiger partial charge in [0.15, 0.2) is 0 Å². The molecule has 0 unspecified atom stereocenters. The number of aromatic amines is 1. The number of para-hydroxylation sites is 1. The van der Waals surface area contributed by atoms with Gasteiger partial charge in [-0.05, 0) is 45.0 Å². The first-order valence-electron chi connectivity index (χ1n) is 9.56. The van der Waals surface area contributed by atoms with Crippen molar-refractivity contribution in [3.63, 3.8) is 0 Å². The van der Waals surface area contributed by atoms with Crippen molar-refractivity contribution >= 4 is 27.9 Å². The second-order valence-electron chi connectivity index (χ2n) is 7.20. The van der Waals surface area contributed by atoms with E-state index >= 15 is 0 Å². The molecule has 0 aliphatic heterocycles. The van der Waals surface area contributed by atoms with Gasteiger partial charge in [-0.25, -0.2) is 4.79 Å². The summed E-state index contributed by atoms with van der Waals surface area (Å²) in [5.74, 6) is 0. The van der Waals surface area contributed by atoms with Crippen LogP contribution in [-0.2, 0) is 11.3 Å². The van der Waals surface area contributed by atoms with Gasteiger partial charge in [0, 0.05) is 28.9 Å². The number of ether oxygens (including phenoxy) is 1. The molecule has 1 heterocycles. The van der Waals surface area contributed by atoms with Crippen LogP contribution in [0.3, 0.4) is 0 Å². The minimum Gasteiger partial charge on any atom is -0.448 e. The molecule has 1 N–H and O–H groups in total. The molecule has 0 radical (unpaired) electrons. The molecule has 0 aliphatic rings. The first-order valence-corrected chi connectivity index (χ1v) is 9.56. The summed E-state index contributed by atoms with van der Waals surface area (Å²) in [6.45, 7) is 9.14. The van der Waals surface area contributed by atoms with Gasteiger partial charge in [-0.2, -0.15) is 4.99 Å². The molecule has 0 spiro atoms. The number of hydrogen-bond acceptors (Lipinski definition) is 3. The van der Waals surface area contributed by atoms with E-state index in [-0.39, 0.29) is 0 Å². The smallest absolute Gasteiger partial charge is 0.434 e.